The second-order valence-corrected chi connectivity index (χ2v) is 4.54. The van der Waals surface area contributed by atoms with Crippen LogP contribution in [-0.4, -0.2) is 11.1 Å². The third kappa shape index (κ3) is 1.73. The van der Waals surface area contributed by atoms with Gasteiger partial charge in [0.2, 0.25) is 0 Å². The molecule has 1 aliphatic carbocycles. The molecule has 14 heavy (non-hydrogen) atoms. The summed E-state index contributed by atoms with van der Waals surface area (Å²) < 4.78 is 0. The summed E-state index contributed by atoms with van der Waals surface area (Å²) in [4.78, 5) is 12.0. The number of carbonyl (C=O) groups is 1. The zero-order chi connectivity index (χ0) is 10.1. The second kappa shape index (κ2) is 3.58. The van der Waals surface area contributed by atoms with E-state index in [4.69, 9.17) is 5.11 Å². The number of hydrogen-bond acceptors (Lipinski definition) is 2. The van der Waals surface area contributed by atoms with Gasteiger partial charge >= 0.3 is 5.97 Å². The number of thiophene rings is 1. The van der Waals surface area contributed by atoms with Gasteiger partial charge in [-0.2, -0.15) is 0 Å². The van der Waals surface area contributed by atoms with Gasteiger partial charge in [0.05, 0.1) is 0 Å². The summed E-state index contributed by atoms with van der Waals surface area (Å²) in [5.74, 6) is -0.301. The smallest absolute Gasteiger partial charge is 0.331 e. The van der Waals surface area contributed by atoms with E-state index < -0.39 is 5.97 Å². The highest BCUT2D eigenvalue weighted by molar-refractivity contribution is 7.11. The SMILES string of the molecule is CC(C(=O)O)=C(c1cccs1)C1CC1. The number of aliphatic carboxylic acids is 1. The second-order valence-electron chi connectivity index (χ2n) is 3.60. The van der Waals surface area contributed by atoms with Crippen LogP contribution in [0.25, 0.3) is 5.57 Å². The molecule has 1 heterocycles. The summed E-state index contributed by atoms with van der Waals surface area (Å²) in [6.07, 6.45) is 2.27. The van der Waals surface area contributed by atoms with Crippen molar-refractivity contribution in [3.8, 4) is 0 Å². The number of rotatable bonds is 3. The molecule has 1 aromatic heterocycles. The molecule has 3 heteroatoms. The first-order valence-corrected chi connectivity index (χ1v) is 5.56. The van der Waals surface area contributed by atoms with Crippen LogP contribution in [0, 0.1) is 5.92 Å². The van der Waals surface area contributed by atoms with Gasteiger partial charge in [-0.15, -0.1) is 11.3 Å². The number of carboxylic acids is 1. The van der Waals surface area contributed by atoms with Crippen LogP contribution in [0.3, 0.4) is 0 Å². The summed E-state index contributed by atoms with van der Waals surface area (Å²) in [5.41, 5.74) is 1.56. The molecule has 0 spiro atoms. The molecular weight excluding hydrogens is 196 g/mol. The van der Waals surface area contributed by atoms with Crippen LogP contribution in [0.1, 0.15) is 24.6 Å². The molecule has 0 atom stereocenters. The summed E-state index contributed by atoms with van der Waals surface area (Å²) in [7, 11) is 0. The molecule has 2 nitrogen and oxygen atoms in total. The van der Waals surface area contributed by atoms with Crippen LogP contribution in [0.15, 0.2) is 23.1 Å². The Kier molecular flexibility index (Phi) is 2.42. The molecule has 0 radical (unpaired) electrons. The van der Waals surface area contributed by atoms with E-state index in [1.165, 1.54) is 0 Å². The van der Waals surface area contributed by atoms with Crippen LogP contribution < -0.4 is 0 Å². The molecule has 0 aliphatic heterocycles. The molecular formula is C11H12O2S. The Morgan fingerprint density at radius 1 is 1.57 bits per heavy atom. The van der Waals surface area contributed by atoms with Gasteiger partial charge in [-0.25, -0.2) is 4.79 Å². The van der Waals surface area contributed by atoms with Crippen molar-refractivity contribution in [3.05, 3.63) is 28.0 Å². The minimum Gasteiger partial charge on any atom is -0.478 e. The summed E-state index contributed by atoms with van der Waals surface area (Å²) in [6.45, 7) is 1.70. The summed E-state index contributed by atoms with van der Waals surface area (Å²) in [6, 6.07) is 3.97. The minimum atomic E-state index is -0.791. The van der Waals surface area contributed by atoms with Crippen LogP contribution in [0.4, 0.5) is 0 Å². The van der Waals surface area contributed by atoms with Gasteiger partial charge in [0.15, 0.2) is 0 Å². The fourth-order valence-electron chi connectivity index (χ4n) is 1.61. The Hall–Kier alpha value is -1.09. The first-order valence-electron chi connectivity index (χ1n) is 4.68. The quantitative estimate of drug-likeness (QED) is 0.775. The van der Waals surface area contributed by atoms with E-state index in [2.05, 4.69) is 0 Å². The monoisotopic (exact) mass is 208 g/mol. The van der Waals surface area contributed by atoms with Crippen molar-refractivity contribution in [2.75, 3.05) is 0 Å². The van der Waals surface area contributed by atoms with Gasteiger partial charge in [0, 0.05) is 10.5 Å². The normalized spacial score (nSPS) is 17.8. The average Bonchev–Trinajstić information content (AvgIpc) is 2.81. The highest BCUT2D eigenvalue weighted by Gasteiger charge is 2.30. The van der Waals surface area contributed by atoms with E-state index in [-0.39, 0.29) is 0 Å². The predicted octanol–water partition coefficient (Wildman–Crippen LogP) is 3.02. The molecule has 1 aromatic rings. The van der Waals surface area contributed by atoms with Crippen molar-refractivity contribution in [1.29, 1.82) is 0 Å². The third-order valence-electron chi connectivity index (χ3n) is 2.50. The molecule has 0 unspecified atom stereocenters. The summed E-state index contributed by atoms with van der Waals surface area (Å²) >= 11 is 1.62. The van der Waals surface area contributed by atoms with Crippen LogP contribution in [0.5, 0.6) is 0 Å². The highest BCUT2D eigenvalue weighted by Crippen LogP contribution is 2.44. The molecule has 1 fully saturated rings. The van der Waals surface area contributed by atoms with Gasteiger partial charge in [-0.1, -0.05) is 6.07 Å². The van der Waals surface area contributed by atoms with E-state index in [0.29, 0.717) is 11.5 Å². The Labute approximate surface area is 86.9 Å². The molecule has 0 aromatic carbocycles. The molecule has 1 aliphatic rings. The van der Waals surface area contributed by atoms with Crippen molar-refractivity contribution < 1.29 is 9.90 Å². The lowest BCUT2D eigenvalue weighted by Gasteiger charge is -2.05. The minimum absolute atomic E-state index is 0.491. The zero-order valence-corrected chi connectivity index (χ0v) is 8.80. The van der Waals surface area contributed by atoms with Gasteiger partial charge in [-0.05, 0) is 42.7 Å². The van der Waals surface area contributed by atoms with Crippen LogP contribution in [0.2, 0.25) is 0 Å². The molecule has 1 saturated carbocycles. The number of carboxylic acid groups (broad SMARTS) is 1. The standard InChI is InChI=1S/C11H12O2S/c1-7(11(12)13)10(8-4-5-8)9-3-2-6-14-9/h2-3,6,8H,4-5H2,1H3,(H,12,13). The van der Waals surface area contributed by atoms with Gasteiger partial charge < -0.3 is 5.11 Å². The molecule has 1 N–H and O–H groups in total. The maximum Gasteiger partial charge on any atom is 0.331 e. The number of allylic oxidation sites excluding steroid dienone is 1. The first-order chi connectivity index (χ1) is 6.70. The van der Waals surface area contributed by atoms with Crippen LogP contribution in [-0.2, 0) is 4.79 Å². The fourth-order valence-corrected chi connectivity index (χ4v) is 2.52. The Morgan fingerprint density at radius 3 is 2.71 bits per heavy atom. The van der Waals surface area contributed by atoms with Gasteiger partial charge in [-0.3, -0.25) is 0 Å². The zero-order valence-electron chi connectivity index (χ0n) is 7.99. The molecule has 2 rings (SSSR count). The lowest BCUT2D eigenvalue weighted by molar-refractivity contribution is -0.132. The molecule has 0 amide bonds. The van der Waals surface area contributed by atoms with E-state index in [1.807, 2.05) is 17.5 Å². The van der Waals surface area contributed by atoms with Crippen molar-refractivity contribution in [2.24, 2.45) is 5.92 Å². The van der Waals surface area contributed by atoms with Crippen molar-refractivity contribution in [3.63, 3.8) is 0 Å². The van der Waals surface area contributed by atoms with Crippen molar-refractivity contribution in [1.82, 2.24) is 0 Å². The van der Waals surface area contributed by atoms with Gasteiger partial charge in [0.1, 0.15) is 0 Å². The molecule has 74 valence electrons. The topological polar surface area (TPSA) is 37.3 Å². The van der Waals surface area contributed by atoms with E-state index in [0.717, 1.165) is 23.3 Å². The Balaban J connectivity index is 2.42. The van der Waals surface area contributed by atoms with Crippen molar-refractivity contribution >= 4 is 22.9 Å². The third-order valence-corrected chi connectivity index (χ3v) is 3.40. The molecule has 0 bridgehead atoms. The fraction of sp³-hybridized carbons (Fsp3) is 0.364. The highest BCUT2D eigenvalue weighted by atomic mass is 32.1. The maximum atomic E-state index is 10.9. The van der Waals surface area contributed by atoms with Gasteiger partial charge in [0.25, 0.3) is 0 Å². The average molecular weight is 208 g/mol. The maximum absolute atomic E-state index is 10.9. The van der Waals surface area contributed by atoms with E-state index in [9.17, 15) is 4.79 Å². The van der Waals surface area contributed by atoms with E-state index >= 15 is 0 Å². The summed E-state index contributed by atoms with van der Waals surface area (Å²) in [5, 5.41) is 11.0. The predicted molar refractivity (Wildman–Crippen MR) is 57.3 cm³/mol. The molecule has 0 saturated heterocycles. The lowest BCUT2D eigenvalue weighted by Crippen LogP contribution is -2.01. The van der Waals surface area contributed by atoms with E-state index in [1.54, 1.807) is 18.3 Å². The largest absolute Gasteiger partial charge is 0.478 e. The van der Waals surface area contributed by atoms with Crippen LogP contribution >= 0.6 is 11.3 Å². The lowest BCUT2D eigenvalue weighted by atomic mass is 10.0. The Bertz CT molecular complexity index is 372. The number of hydrogen-bond donors (Lipinski definition) is 1. The first kappa shape index (κ1) is 9.46. The van der Waals surface area contributed by atoms with Crippen molar-refractivity contribution in [2.45, 2.75) is 19.8 Å². The Morgan fingerprint density at radius 2 is 2.29 bits per heavy atom.